The minimum absolute atomic E-state index is 0.0701. The Balaban J connectivity index is 1.88. The number of rotatable bonds is 5. The second kappa shape index (κ2) is 6.53. The van der Waals surface area contributed by atoms with Gasteiger partial charge in [-0.05, 0) is 35.5 Å². The molecule has 1 aromatic carbocycles. The number of aromatic amines is 1. The Morgan fingerprint density at radius 2 is 2.00 bits per heavy atom. The largest absolute Gasteiger partial charge is 0.504 e. The topological polar surface area (TPSA) is 126 Å². The number of nitrogens with one attached hydrogen (secondary N) is 1. The molecule has 0 aliphatic heterocycles. The number of tetrazole rings is 1. The maximum absolute atomic E-state index is 12.9. The zero-order valence-electron chi connectivity index (χ0n) is 12.2. The van der Waals surface area contributed by atoms with E-state index < -0.39 is 27.2 Å². The number of carbonyl (C=O) groups excluding carboxylic acids is 1. The minimum Gasteiger partial charge on any atom is -0.504 e. The van der Waals surface area contributed by atoms with Crippen molar-refractivity contribution >= 4 is 32.7 Å². The number of nitrogens with zero attached hydrogens (tertiary/aromatic N) is 3. The number of ketones is 1. The third-order valence-electron chi connectivity index (χ3n) is 3.09. The van der Waals surface area contributed by atoms with Crippen molar-refractivity contribution in [1.29, 1.82) is 0 Å². The van der Waals surface area contributed by atoms with Gasteiger partial charge >= 0.3 is 0 Å². The van der Waals surface area contributed by atoms with Crippen LogP contribution in [0.3, 0.4) is 0 Å². The Kier molecular flexibility index (Phi) is 4.42. The van der Waals surface area contributed by atoms with Crippen molar-refractivity contribution in [3.8, 4) is 0 Å². The monoisotopic (exact) mass is 380 g/mol. The second-order valence-corrected chi connectivity index (χ2v) is 7.83. The molecule has 3 aromatic rings. The van der Waals surface area contributed by atoms with Crippen molar-refractivity contribution in [1.82, 2.24) is 20.6 Å². The molecule has 3 rings (SSSR count). The lowest BCUT2D eigenvalue weighted by Crippen LogP contribution is -2.00. The molecule has 0 unspecified atom stereocenters. The van der Waals surface area contributed by atoms with Gasteiger partial charge in [0.2, 0.25) is 15.7 Å². The van der Waals surface area contributed by atoms with E-state index >= 15 is 0 Å². The third kappa shape index (κ3) is 3.46. The van der Waals surface area contributed by atoms with Crippen LogP contribution < -0.4 is 0 Å². The maximum Gasteiger partial charge on any atom is 0.239 e. The van der Waals surface area contributed by atoms with Gasteiger partial charge in [-0.3, -0.25) is 4.79 Å². The zero-order chi connectivity index (χ0) is 18.0. The number of halogens is 1. The summed E-state index contributed by atoms with van der Waals surface area (Å²) in [6.45, 7) is 0. The Morgan fingerprint density at radius 3 is 2.64 bits per heavy atom. The van der Waals surface area contributed by atoms with E-state index in [2.05, 4.69) is 20.6 Å². The molecule has 0 atom stereocenters. The first-order chi connectivity index (χ1) is 11.9. The number of aromatic nitrogens is 4. The fourth-order valence-corrected chi connectivity index (χ4v) is 4.43. The molecule has 2 heterocycles. The number of aliphatic hydroxyl groups excluding tert-OH is 1. The second-order valence-electron chi connectivity index (χ2n) is 4.74. The normalized spacial score (nSPS) is 12.3. The Bertz CT molecular complexity index is 1040. The van der Waals surface area contributed by atoms with Crippen LogP contribution in [0.15, 0.2) is 50.9 Å². The predicted molar refractivity (Wildman–Crippen MR) is 85.3 cm³/mol. The number of benzene rings is 1. The van der Waals surface area contributed by atoms with Gasteiger partial charge in [0.25, 0.3) is 0 Å². The van der Waals surface area contributed by atoms with Gasteiger partial charge in [-0.1, -0.05) is 0 Å². The number of hydrogen-bond acceptors (Lipinski definition) is 8. The quantitative estimate of drug-likeness (QED) is 0.300. The van der Waals surface area contributed by atoms with Gasteiger partial charge in [0.1, 0.15) is 10.0 Å². The number of allylic oxidation sites excluding steroid dienone is 1. The lowest BCUT2D eigenvalue weighted by Gasteiger charge is -2.01. The average molecular weight is 380 g/mol. The number of aliphatic hydroxyl groups is 1. The first-order valence-corrected chi connectivity index (χ1v) is 9.02. The van der Waals surface area contributed by atoms with Crippen LogP contribution in [0.4, 0.5) is 4.39 Å². The third-order valence-corrected chi connectivity index (χ3v) is 6.30. The molecule has 0 fully saturated rings. The van der Waals surface area contributed by atoms with Gasteiger partial charge < -0.3 is 5.11 Å². The average Bonchev–Trinajstić information content (AvgIpc) is 3.27. The molecule has 11 heteroatoms. The number of sulfone groups is 1. The molecule has 25 heavy (non-hydrogen) atoms. The van der Waals surface area contributed by atoms with Crippen LogP contribution in [-0.2, 0) is 9.84 Å². The summed E-state index contributed by atoms with van der Waals surface area (Å²) in [4.78, 5) is 12.0. The van der Waals surface area contributed by atoms with Crippen LogP contribution in [-0.4, -0.2) is 39.9 Å². The van der Waals surface area contributed by atoms with Gasteiger partial charge in [-0.15, -0.1) is 21.5 Å². The van der Waals surface area contributed by atoms with Crippen molar-refractivity contribution < 1.29 is 22.7 Å². The lowest BCUT2D eigenvalue weighted by molar-refractivity contribution is 0.104. The summed E-state index contributed by atoms with van der Waals surface area (Å²) in [7, 11) is -3.86. The van der Waals surface area contributed by atoms with Gasteiger partial charge in [0, 0.05) is 17.0 Å². The zero-order valence-corrected chi connectivity index (χ0v) is 13.9. The van der Waals surface area contributed by atoms with Crippen LogP contribution in [0, 0.1) is 5.82 Å². The molecule has 0 amide bonds. The number of H-pyrrole nitrogens is 1. The van der Waals surface area contributed by atoms with Crippen molar-refractivity contribution in [2.75, 3.05) is 0 Å². The van der Waals surface area contributed by atoms with Crippen LogP contribution in [0.25, 0.3) is 5.76 Å². The predicted octanol–water partition coefficient (Wildman–Crippen LogP) is 2.01. The van der Waals surface area contributed by atoms with Crippen LogP contribution in [0.1, 0.15) is 16.2 Å². The smallest absolute Gasteiger partial charge is 0.239 e. The molecule has 0 saturated heterocycles. The van der Waals surface area contributed by atoms with Crippen LogP contribution in [0.2, 0.25) is 0 Å². The van der Waals surface area contributed by atoms with Crippen molar-refractivity contribution in [2.24, 2.45) is 0 Å². The summed E-state index contributed by atoms with van der Waals surface area (Å²) < 4.78 is 37.8. The molecular weight excluding hydrogens is 371 g/mol. The number of hydrogen-bond donors (Lipinski definition) is 2. The van der Waals surface area contributed by atoms with E-state index in [1.54, 1.807) is 0 Å². The first kappa shape index (κ1) is 16.9. The summed E-state index contributed by atoms with van der Waals surface area (Å²) >= 11 is 0.845. The fraction of sp³-hybridized carbons (Fsp3) is 0. The summed E-state index contributed by atoms with van der Waals surface area (Å²) in [5, 5.41) is 23.5. The molecular formula is C14H9FN4O4S2. The highest BCUT2D eigenvalue weighted by atomic mass is 32.2. The molecule has 128 valence electrons. The summed E-state index contributed by atoms with van der Waals surface area (Å²) in [6.07, 6.45) is 0.862. The van der Waals surface area contributed by atoms with Gasteiger partial charge in [0.15, 0.2) is 11.5 Å². The van der Waals surface area contributed by atoms with Crippen molar-refractivity contribution in [3.05, 3.63) is 59.0 Å². The Labute approximate surface area is 144 Å². The molecule has 2 N–H and O–H groups in total. The molecule has 0 aliphatic carbocycles. The molecule has 0 bridgehead atoms. The highest BCUT2D eigenvalue weighted by Gasteiger charge is 2.21. The van der Waals surface area contributed by atoms with Crippen molar-refractivity contribution in [3.63, 3.8) is 0 Å². The highest BCUT2D eigenvalue weighted by molar-refractivity contribution is 7.93. The van der Waals surface area contributed by atoms with E-state index in [-0.39, 0.29) is 20.5 Å². The van der Waals surface area contributed by atoms with Crippen LogP contribution in [0.5, 0.6) is 0 Å². The van der Waals surface area contributed by atoms with Crippen LogP contribution >= 0.6 is 11.3 Å². The first-order valence-electron chi connectivity index (χ1n) is 6.66. The SMILES string of the molecule is O=C(C=C(O)c1nn[nH]n1)c1csc(S(=O)(=O)c2ccc(F)cc2)c1. The number of thiophene rings is 1. The van der Waals surface area contributed by atoms with E-state index in [1.807, 2.05) is 0 Å². The summed E-state index contributed by atoms with van der Waals surface area (Å²) in [5.74, 6) is -1.85. The molecule has 0 aliphatic rings. The Morgan fingerprint density at radius 1 is 1.28 bits per heavy atom. The standard InChI is InChI=1S/C14H9FN4O4S2/c15-9-1-3-10(4-2-9)25(22,23)13-5-8(7-24-13)11(20)6-12(21)14-16-18-19-17-14/h1-7,21H,(H,16,17,18,19). The van der Waals surface area contributed by atoms with Gasteiger partial charge in [-0.25, -0.2) is 12.8 Å². The molecule has 0 saturated carbocycles. The highest BCUT2D eigenvalue weighted by Crippen LogP contribution is 2.27. The van der Waals surface area contributed by atoms with Crippen molar-refractivity contribution in [2.45, 2.75) is 9.10 Å². The molecule has 2 aromatic heterocycles. The van der Waals surface area contributed by atoms with Gasteiger partial charge in [-0.2, -0.15) is 5.21 Å². The molecule has 0 spiro atoms. The number of carbonyl (C=O) groups is 1. The van der Waals surface area contributed by atoms with E-state index in [4.69, 9.17) is 0 Å². The minimum atomic E-state index is -3.86. The molecule has 8 nitrogen and oxygen atoms in total. The van der Waals surface area contributed by atoms with E-state index in [0.717, 1.165) is 41.7 Å². The van der Waals surface area contributed by atoms with E-state index in [9.17, 15) is 22.7 Å². The summed E-state index contributed by atoms with van der Waals surface area (Å²) in [5.41, 5.74) is 0.0701. The maximum atomic E-state index is 12.9. The lowest BCUT2D eigenvalue weighted by atomic mass is 10.2. The van der Waals surface area contributed by atoms with E-state index in [0.29, 0.717) is 0 Å². The Hall–Kier alpha value is -2.92. The van der Waals surface area contributed by atoms with E-state index in [1.165, 1.54) is 11.4 Å². The summed E-state index contributed by atoms with van der Waals surface area (Å²) in [6, 6.07) is 5.56. The van der Waals surface area contributed by atoms with Gasteiger partial charge in [0.05, 0.1) is 4.90 Å². The fourth-order valence-electron chi connectivity index (χ4n) is 1.86. The molecule has 0 radical (unpaired) electrons.